The molecule has 6 heteroatoms. The summed E-state index contributed by atoms with van der Waals surface area (Å²) in [5, 5.41) is 4.56. The monoisotopic (exact) mass is 244 g/mol. The van der Waals surface area contributed by atoms with Gasteiger partial charge in [-0.25, -0.2) is 4.98 Å². The van der Waals surface area contributed by atoms with Gasteiger partial charge < -0.3 is 4.52 Å². The fraction of sp³-hybridized carbons (Fsp3) is 0.333. The third kappa shape index (κ3) is 1.49. The van der Waals surface area contributed by atoms with Gasteiger partial charge >= 0.3 is 0 Å². The first-order valence-electron chi connectivity index (χ1n) is 5.70. The molecule has 2 aromatic rings. The molecule has 1 aliphatic heterocycles. The molecule has 1 aliphatic rings. The Morgan fingerprint density at radius 2 is 2.39 bits per heavy atom. The third-order valence-electron chi connectivity index (χ3n) is 3.17. The molecule has 0 saturated carbocycles. The van der Waals surface area contributed by atoms with Gasteiger partial charge in [0.05, 0.1) is 5.69 Å². The second-order valence-electron chi connectivity index (χ2n) is 4.35. The van der Waals surface area contributed by atoms with E-state index < -0.39 is 0 Å². The molecule has 0 aliphatic carbocycles. The van der Waals surface area contributed by atoms with Crippen LogP contribution in [0.25, 0.3) is 11.1 Å². The smallest absolute Gasteiger partial charge is 0.263 e. The lowest BCUT2D eigenvalue weighted by atomic mass is 10.1. The quantitative estimate of drug-likeness (QED) is 0.748. The molecule has 1 saturated heterocycles. The lowest BCUT2D eigenvalue weighted by Crippen LogP contribution is -2.25. The number of fused-ring (bicyclic) bond motifs is 1. The predicted molar refractivity (Wildman–Crippen MR) is 65.0 cm³/mol. The normalized spacial score (nSPS) is 19.7. The van der Waals surface area contributed by atoms with Crippen molar-refractivity contribution >= 4 is 22.8 Å². The summed E-state index contributed by atoms with van der Waals surface area (Å²) in [6.07, 6.45) is 3.66. The van der Waals surface area contributed by atoms with Crippen molar-refractivity contribution in [2.45, 2.75) is 13.3 Å². The Morgan fingerprint density at radius 3 is 3.11 bits per heavy atom. The summed E-state index contributed by atoms with van der Waals surface area (Å²) in [6, 6.07) is 0. The maximum absolute atomic E-state index is 12.0. The van der Waals surface area contributed by atoms with E-state index >= 15 is 0 Å². The Kier molecular flexibility index (Phi) is 2.36. The van der Waals surface area contributed by atoms with Crippen LogP contribution in [0.1, 0.15) is 12.1 Å². The van der Waals surface area contributed by atoms with Crippen molar-refractivity contribution in [1.82, 2.24) is 15.1 Å². The number of hydrogen-bond donors (Lipinski definition) is 0. The maximum Gasteiger partial charge on any atom is 0.263 e. The van der Waals surface area contributed by atoms with Gasteiger partial charge in [0.1, 0.15) is 11.7 Å². The van der Waals surface area contributed by atoms with E-state index in [0.717, 1.165) is 0 Å². The first kappa shape index (κ1) is 10.9. The van der Waals surface area contributed by atoms with Gasteiger partial charge in [0.15, 0.2) is 5.82 Å². The molecule has 3 rings (SSSR count). The molecule has 92 valence electrons. The predicted octanol–water partition coefficient (Wildman–Crippen LogP) is 1.47. The Bertz CT molecular complexity index is 634. The Labute approximate surface area is 103 Å². The van der Waals surface area contributed by atoms with Crippen LogP contribution in [-0.2, 0) is 4.79 Å². The topological polar surface area (TPSA) is 72.1 Å². The fourth-order valence-corrected chi connectivity index (χ4v) is 2.21. The highest BCUT2D eigenvalue weighted by Crippen LogP contribution is 2.30. The van der Waals surface area contributed by atoms with Gasteiger partial charge in [-0.3, -0.25) is 9.69 Å². The lowest BCUT2D eigenvalue weighted by molar-refractivity contribution is -0.117. The molecule has 0 N–H and O–H groups in total. The Morgan fingerprint density at radius 1 is 1.56 bits per heavy atom. The second kappa shape index (κ2) is 3.90. The van der Waals surface area contributed by atoms with E-state index in [1.54, 1.807) is 11.0 Å². The number of aromatic nitrogens is 3. The highest BCUT2D eigenvalue weighted by atomic mass is 16.5. The summed E-state index contributed by atoms with van der Waals surface area (Å²) in [7, 11) is 0. The van der Waals surface area contributed by atoms with Crippen LogP contribution in [0.5, 0.6) is 0 Å². The van der Waals surface area contributed by atoms with E-state index in [0.29, 0.717) is 35.6 Å². The molecular formula is C12H12N4O2. The number of hydrogen-bond acceptors (Lipinski definition) is 5. The van der Waals surface area contributed by atoms with Crippen LogP contribution in [0, 0.1) is 12.8 Å². The summed E-state index contributed by atoms with van der Waals surface area (Å²) in [6.45, 7) is 6.14. The highest BCUT2D eigenvalue weighted by molar-refractivity contribution is 6.02. The van der Waals surface area contributed by atoms with Gasteiger partial charge in [-0.2, -0.15) is 4.98 Å². The molecule has 18 heavy (non-hydrogen) atoms. The van der Waals surface area contributed by atoms with Crippen LogP contribution < -0.4 is 4.90 Å². The molecule has 3 heterocycles. The first-order valence-corrected chi connectivity index (χ1v) is 5.70. The van der Waals surface area contributed by atoms with Crippen molar-refractivity contribution in [1.29, 1.82) is 0 Å². The van der Waals surface area contributed by atoms with E-state index in [1.807, 2.05) is 6.92 Å². The summed E-state index contributed by atoms with van der Waals surface area (Å²) in [5.74, 6) is 0.788. The minimum atomic E-state index is 0.0421. The summed E-state index contributed by atoms with van der Waals surface area (Å²) in [5.41, 5.74) is 1.10. The van der Waals surface area contributed by atoms with Crippen LogP contribution in [0.15, 0.2) is 23.5 Å². The standard InChI is InChI=1S/C12H12N4O2/c1-3-8-4-9(17)16(5-8)11-10-7(2)15-18-12(10)14-6-13-11/h3,6,8H,1,4-5H2,2H3. The minimum absolute atomic E-state index is 0.0421. The van der Waals surface area contributed by atoms with Gasteiger partial charge in [0.2, 0.25) is 5.91 Å². The highest BCUT2D eigenvalue weighted by Gasteiger charge is 2.31. The van der Waals surface area contributed by atoms with Crippen LogP contribution in [0.3, 0.4) is 0 Å². The Balaban J connectivity index is 2.12. The van der Waals surface area contributed by atoms with Crippen LogP contribution in [0.4, 0.5) is 5.82 Å². The summed E-state index contributed by atoms with van der Waals surface area (Å²) in [4.78, 5) is 21.8. The van der Waals surface area contributed by atoms with E-state index in [-0.39, 0.29) is 11.8 Å². The SMILES string of the molecule is C=CC1CC(=O)N(c2ncnc3onc(C)c23)C1. The lowest BCUT2D eigenvalue weighted by Gasteiger charge is -2.15. The zero-order valence-corrected chi connectivity index (χ0v) is 9.96. The molecule has 0 radical (unpaired) electrons. The molecule has 0 spiro atoms. The van der Waals surface area contributed by atoms with Crippen molar-refractivity contribution in [3.63, 3.8) is 0 Å². The molecule has 6 nitrogen and oxygen atoms in total. The van der Waals surface area contributed by atoms with Gasteiger partial charge in [0.25, 0.3) is 5.71 Å². The fourth-order valence-electron chi connectivity index (χ4n) is 2.21. The van der Waals surface area contributed by atoms with Crippen molar-refractivity contribution in [3.05, 3.63) is 24.7 Å². The zero-order valence-electron chi connectivity index (χ0n) is 9.96. The summed E-state index contributed by atoms with van der Waals surface area (Å²) >= 11 is 0. The zero-order chi connectivity index (χ0) is 12.7. The number of carbonyl (C=O) groups is 1. The largest absolute Gasteiger partial charge is 0.335 e. The minimum Gasteiger partial charge on any atom is -0.335 e. The average Bonchev–Trinajstić information content (AvgIpc) is 2.93. The summed E-state index contributed by atoms with van der Waals surface area (Å²) < 4.78 is 5.08. The van der Waals surface area contributed by atoms with Crippen molar-refractivity contribution in [2.75, 3.05) is 11.4 Å². The molecular weight excluding hydrogens is 232 g/mol. The van der Waals surface area contributed by atoms with Gasteiger partial charge in [-0.05, 0) is 6.92 Å². The van der Waals surface area contributed by atoms with Gasteiger partial charge in [0, 0.05) is 18.9 Å². The molecule has 1 amide bonds. The van der Waals surface area contributed by atoms with E-state index in [2.05, 4.69) is 21.7 Å². The molecule has 1 atom stereocenters. The number of anilines is 1. The Hall–Kier alpha value is -2.24. The van der Waals surface area contributed by atoms with Crippen LogP contribution >= 0.6 is 0 Å². The number of amides is 1. The third-order valence-corrected chi connectivity index (χ3v) is 3.17. The van der Waals surface area contributed by atoms with Crippen molar-refractivity contribution in [3.8, 4) is 0 Å². The molecule has 0 bridgehead atoms. The van der Waals surface area contributed by atoms with E-state index in [4.69, 9.17) is 4.52 Å². The first-order chi connectivity index (χ1) is 8.70. The van der Waals surface area contributed by atoms with Gasteiger partial charge in [-0.15, -0.1) is 6.58 Å². The van der Waals surface area contributed by atoms with Crippen LogP contribution in [-0.4, -0.2) is 27.6 Å². The van der Waals surface area contributed by atoms with Crippen LogP contribution in [0.2, 0.25) is 0 Å². The number of nitrogens with zero attached hydrogens (tertiary/aromatic N) is 4. The second-order valence-corrected chi connectivity index (χ2v) is 4.35. The maximum atomic E-state index is 12.0. The number of carbonyl (C=O) groups excluding carboxylic acids is 1. The van der Waals surface area contributed by atoms with Crippen molar-refractivity contribution < 1.29 is 9.32 Å². The molecule has 0 aromatic carbocycles. The van der Waals surface area contributed by atoms with E-state index in [1.165, 1.54) is 6.33 Å². The van der Waals surface area contributed by atoms with Gasteiger partial charge in [-0.1, -0.05) is 11.2 Å². The number of rotatable bonds is 2. The van der Waals surface area contributed by atoms with E-state index in [9.17, 15) is 4.79 Å². The average molecular weight is 244 g/mol. The molecule has 2 aromatic heterocycles. The van der Waals surface area contributed by atoms with Crippen molar-refractivity contribution in [2.24, 2.45) is 5.92 Å². The molecule has 1 unspecified atom stereocenters. The molecule has 1 fully saturated rings. The number of aryl methyl sites for hydroxylation is 1.